The van der Waals surface area contributed by atoms with Gasteiger partial charge in [0.15, 0.2) is 0 Å². The van der Waals surface area contributed by atoms with E-state index >= 15 is 0 Å². The molecule has 0 spiro atoms. The molecule has 0 atom stereocenters. The predicted molar refractivity (Wildman–Crippen MR) is 77.2 cm³/mol. The van der Waals surface area contributed by atoms with Crippen molar-refractivity contribution in [2.75, 3.05) is 26.2 Å². The zero-order valence-corrected chi connectivity index (χ0v) is 12.3. The molecule has 1 aromatic rings. The van der Waals surface area contributed by atoms with Crippen LogP contribution in [-0.4, -0.2) is 40.6 Å². The number of imidazole rings is 1. The minimum Gasteiger partial charge on any atom is -0.335 e. The average molecular weight is 262 g/mol. The molecule has 106 valence electrons. The smallest absolute Gasteiger partial charge is 0.109 e. The van der Waals surface area contributed by atoms with Crippen molar-refractivity contribution >= 4 is 0 Å². The van der Waals surface area contributed by atoms with Crippen LogP contribution in [-0.2, 0) is 26.4 Å². The molecule has 0 aromatic carbocycles. The number of fused-ring (bicyclic) bond motifs is 1. The summed E-state index contributed by atoms with van der Waals surface area (Å²) in [5, 5.41) is 3.42. The fraction of sp³-hybridized carbons (Fsp3) is 0.800. The van der Waals surface area contributed by atoms with Crippen molar-refractivity contribution in [3.63, 3.8) is 0 Å². The average Bonchev–Trinajstić information content (AvgIpc) is 2.77. The summed E-state index contributed by atoms with van der Waals surface area (Å²) in [6, 6.07) is 0. The first-order chi connectivity index (χ1) is 9.28. The molecule has 0 amide bonds. The van der Waals surface area contributed by atoms with E-state index in [4.69, 9.17) is 4.98 Å². The number of likely N-dealkylation sites (tertiary alicyclic amines) is 1. The zero-order valence-electron chi connectivity index (χ0n) is 12.3. The van der Waals surface area contributed by atoms with E-state index in [9.17, 15) is 0 Å². The molecule has 0 unspecified atom stereocenters. The fourth-order valence-electron chi connectivity index (χ4n) is 3.46. The highest BCUT2D eigenvalue weighted by Gasteiger charge is 2.22. The maximum Gasteiger partial charge on any atom is 0.109 e. The van der Waals surface area contributed by atoms with Crippen molar-refractivity contribution in [1.82, 2.24) is 19.8 Å². The van der Waals surface area contributed by atoms with Gasteiger partial charge in [-0.2, -0.15) is 0 Å². The third-order valence-electron chi connectivity index (χ3n) is 4.85. The summed E-state index contributed by atoms with van der Waals surface area (Å²) < 4.78 is 2.36. The van der Waals surface area contributed by atoms with Crippen molar-refractivity contribution in [2.24, 2.45) is 13.0 Å². The Hall–Kier alpha value is -0.870. The molecule has 3 rings (SSSR count). The van der Waals surface area contributed by atoms with Gasteiger partial charge in [0.05, 0.1) is 5.69 Å². The van der Waals surface area contributed by atoms with Crippen molar-refractivity contribution < 1.29 is 0 Å². The Labute approximate surface area is 116 Å². The lowest BCUT2D eigenvalue weighted by atomic mass is 9.93. The Morgan fingerprint density at radius 3 is 2.79 bits per heavy atom. The molecule has 0 aliphatic carbocycles. The van der Waals surface area contributed by atoms with Crippen LogP contribution in [0.4, 0.5) is 0 Å². The Balaban J connectivity index is 1.65. The normalized spacial score (nSPS) is 21.6. The number of hydrogen-bond acceptors (Lipinski definition) is 3. The van der Waals surface area contributed by atoms with Gasteiger partial charge in [-0.1, -0.05) is 6.92 Å². The van der Waals surface area contributed by atoms with E-state index < -0.39 is 0 Å². The summed E-state index contributed by atoms with van der Waals surface area (Å²) >= 11 is 0. The lowest BCUT2D eigenvalue weighted by molar-refractivity contribution is 0.190. The second kappa shape index (κ2) is 5.63. The molecule has 1 aromatic heterocycles. The molecule has 4 heteroatoms. The van der Waals surface area contributed by atoms with E-state index in [1.165, 1.54) is 56.1 Å². The first kappa shape index (κ1) is 13.1. The second-order valence-corrected chi connectivity index (χ2v) is 5.99. The van der Waals surface area contributed by atoms with Gasteiger partial charge in [0, 0.05) is 38.7 Å². The standard InChI is InChI=1S/C15H26N4/c1-3-19-8-5-12(6-9-19)10-15-17-13-11-16-7-4-14(13)18(15)2/h12,16H,3-11H2,1-2H3. The van der Waals surface area contributed by atoms with Crippen LogP contribution in [0.2, 0.25) is 0 Å². The summed E-state index contributed by atoms with van der Waals surface area (Å²) in [7, 11) is 2.20. The molecule has 2 aliphatic rings. The van der Waals surface area contributed by atoms with Gasteiger partial charge in [0.25, 0.3) is 0 Å². The molecule has 3 heterocycles. The lowest BCUT2D eigenvalue weighted by Gasteiger charge is -2.30. The third-order valence-corrected chi connectivity index (χ3v) is 4.85. The van der Waals surface area contributed by atoms with Gasteiger partial charge >= 0.3 is 0 Å². The van der Waals surface area contributed by atoms with E-state index in [-0.39, 0.29) is 0 Å². The Morgan fingerprint density at radius 2 is 2.11 bits per heavy atom. The SMILES string of the molecule is CCN1CCC(Cc2nc3c(n2C)CCNC3)CC1. The van der Waals surface area contributed by atoms with Crippen LogP contribution >= 0.6 is 0 Å². The Bertz CT molecular complexity index is 430. The van der Waals surface area contributed by atoms with Gasteiger partial charge in [-0.3, -0.25) is 0 Å². The number of piperidine rings is 1. The molecule has 2 aliphatic heterocycles. The largest absolute Gasteiger partial charge is 0.335 e. The molecular formula is C15H26N4. The highest BCUT2D eigenvalue weighted by Crippen LogP contribution is 2.23. The van der Waals surface area contributed by atoms with E-state index in [0.29, 0.717) is 0 Å². The van der Waals surface area contributed by atoms with E-state index in [1.54, 1.807) is 0 Å². The maximum absolute atomic E-state index is 4.87. The van der Waals surface area contributed by atoms with Crippen LogP contribution in [0, 0.1) is 5.92 Å². The van der Waals surface area contributed by atoms with Gasteiger partial charge < -0.3 is 14.8 Å². The molecule has 4 nitrogen and oxygen atoms in total. The highest BCUT2D eigenvalue weighted by molar-refractivity contribution is 5.20. The van der Waals surface area contributed by atoms with Crippen molar-refractivity contribution in [3.8, 4) is 0 Å². The molecule has 0 bridgehead atoms. The minimum absolute atomic E-state index is 0.832. The summed E-state index contributed by atoms with van der Waals surface area (Å²) in [5.74, 6) is 2.14. The first-order valence-corrected chi connectivity index (χ1v) is 7.74. The van der Waals surface area contributed by atoms with Crippen molar-refractivity contribution in [3.05, 3.63) is 17.2 Å². The zero-order chi connectivity index (χ0) is 13.2. The van der Waals surface area contributed by atoms with Crippen LogP contribution < -0.4 is 5.32 Å². The van der Waals surface area contributed by atoms with E-state index in [0.717, 1.165) is 25.4 Å². The second-order valence-electron chi connectivity index (χ2n) is 5.99. The predicted octanol–water partition coefficient (Wildman–Crippen LogP) is 1.34. The number of aromatic nitrogens is 2. The van der Waals surface area contributed by atoms with Crippen molar-refractivity contribution in [1.29, 1.82) is 0 Å². The number of hydrogen-bond donors (Lipinski definition) is 1. The number of nitrogens with one attached hydrogen (secondary N) is 1. The molecule has 19 heavy (non-hydrogen) atoms. The topological polar surface area (TPSA) is 33.1 Å². The third kappa shape index (κ3) is 2.70. The van der Waals surface area contributed by atoms with Crippen LogP contribution in [0.5, 0.6) is 0 Å². The molecule has 1 saturated heterocycles. The van der Waals surface area contributed by atoms with E-state index in [2.05, 4.69) is 28.8 Å². The van der Waals surface area contributed by atoms with Crippen LogP contribution in [0.15, 0.2) is 0 Å². The minimum atomic E-state index is 0.832. The number of rotatable bonds is 3. The quantitative estimate of drug-likeness (QED) is 0.892. The summed E-state index contributed by atoms with van der Waals surface area (Å²) in [6.07, 6.45) is 4.97. The van der Waals surface area contributed by atoms with Crippen LogP contribution in [0.25, 0.3) is 0 Å². The fourth-order valence-corrected chi connectivity index (χ4v) is 3.46. The van der Waals surface area contributed by atoms with Gasteiger partial charge in [-0.15, -0.1) is 0 Å². The van der Waals surface area contributed by atoms with Crippen LogP contribution in [0.1, 0.15) is 37.0 Å². The molecular weight excluding hydrogens is 236 g/mol. The van der Waals surface area contributed by atoms with Crippen molar-refractivity contribution in [2.45, 2.75) is 39.2 Å². The van der Waals surface area contributed by atoms with Gasteiger partial charge in [-0.05, 0) is 38.4 Å². The van der Waals surface area contributed by atoms with Gasteiger partial charge in [-0.25, -0.2) is 4.98 Å². The van der Waals surface area contributed by atoms with Gasteiger partial charge in [0.2, 0.25) is 0 Å². The lowest BCUT2D eigenvalue weighted by Crippen LogP contribution is -2.34. The Morgan fingerprint density at radius 1 is 1.32 bits per heavy atom. The molecule has 0 saturated carbocycles. The van der Waals surface area contributed by atoms with Crippen LogP contribution in [0.3, 0.4) is 0 Å². The monoisotopic (exact) mass is 262 g/mol. The molecule has 0 radical (unpaired) electrons. The highest BCUT2D eigenvalue weighted by atomic mass is 15.1. The number of nitrogens with zero attached hydrogens (tertiary/aromatic N) is 3. The molecule has 1 fully saturated rings. The van der Waals surface area contributed by atoms with E-state index in [1.807, 2.05) is 0 Å². The molecule has 1 N–H and O–H groups in total. The maximum atomic E-state index is 4.87. The summed E-state index contributed by atoms with van der Waals surface area (Å²) in [4.78, 5) is 7.43. The first-order valence-electron chi connectivity index (χ1n) is 7.74. The summed E-state index contributed by atoms with van der Waals surface area (Å²) in [6.45, 7) is 8.06. The van der Waals surface area contributed by atoms with Gasteiger partial charge in [0.1, 0.15) is 5.82 Å². The summed E-state index contributed by atoms with van der Waals surface area (Å²) in [5.41, 5.74) is 2.74. The Kier molecular flexibility index (Phi) is 3.89.